The summed E-state index contributed by atoms with van der Waals surface area (Å²) in [6.07, 6.45) is -3.29. The first-order chi connectivity index (χ1) is 17.5. The number of nitrogens with one attached hydrogen (secondary N) is 1. The summed E-state index contributed by atoms with van der Waals surface area (Å²) in [7, 11) is 1.79. The smallest absolute Gasteiger partial charge is 0.303 e. The fraction of sp³-hybridized carbons (Fsp3) is 0.500. The number of hydrogen-bond donors (Lipinski definition) is 1. The maximum atomic E-state index is 12.1. The summed E-state index contributed by atoms with van der Waals surface area (Å²) in [6.45, 7) is 6.63. The fourth-order valence-electron chi connectivity index (χ4n) is 3.87. The van der Waals surface area contributed by atoms with Crippen molar-refractivity contribution in [3.63, 3.8) is 0 Å². The van der Waals surface area contributed by atoms with Crippen LogP contribution in [0.4, 0.5) is 0 Å². The minimum absolute atomic E-state index is 0.275. The highest BCUT2D eigenvalue weighted by Crippen LogP contribution is 2.36. The number of esters is 3. The molecule has 1 aromatic carbocycles. The molecule has 1 saturated heterocycles. The summed E-state index contributed by atoms with van der Waals surface area (Å²) in [4.78, 5) is 47.5. The van der Waals surface area contributed by atoms with Gasteiger partial charge in [-0.1, -0.05) is 41.6 Å². The van der Waals surface area contributed by atoms with Crippen LogP contribution in [0.15, 0.2) is 29.4 Å². The number of amides is 1. The predicted molar refractivity (Wildman–Crippen MR) is 131 cm³/mol. The van der Waals surface area contributed by atoms with Crippen LogP contribution in [0.25, 0.3) is 11.4 Å². The second kappa shape index (κ2) is 12.2. The van der Waals surface area contributed by atoms with E-state index in [9.17, 15) is 19.2 Å². The highest BCUT2D eigenvalue weighted by atomic mass is 32.2. The Labute approximate surface area is 218 Å². The molecule has 13 heteroatoms. The van der Waals surface area contributed by atoms with Crippen LogP contribution in [0, 0.1) is 6.92 Å². The monoisotopic (exact) mass is 534 g/mol. The van der Waals surface area contributed by atoms with E-state index in [1.165, 1.54) is 27.7 Å². The van der Waals surface area contributed by atoms with Gasteiger partial charge >= 0.3 is 17.9 Å². The van der Waals surface area contributed by atoms with Crippen molar-refractivity contribution in [3.05, 3.63) is 29.8 Å². The Morgan fingerprint density at radius 2 is 1.59 bits per heavy atom. The molecule has 0 bridgehead atoms. The van der Waals surface area contributed by atoms with Gasteiger partial charge in [-0.25, -0.2) is 0 Å². The van der Waals surface area contributed by atoms with Crippen LogP contribution < -0.4 is 5.32 Å². The topological polar surface area (TPSA) is 148 Å². The lowest BCUT2D eigenvalue weighted by atomic mass is 9.97. The molecular weight excluding hydrogens is 504 g/mol. The van der Waals surface area contributed by atoms with Crippen molar-refractivity contribution in [3.8, 4) is 11.4 Å². The minimum Gasteiger partial charge on any atom is -0.463 e. The Morgan fingerprint density at radius 3 is 2.16 bits per heavy atom. The molecule has 2 heterocycles. The van der Waals surface area contributed by atoms with E-state index in [0.29, 0.717) is 11.0 Å². The zero-order chi connectivity index (χ0) is 27.3. The van der Waals surface area contributed by atoms with Crippen molar-refractivity contribution < 1.29 is 38.1 Å². The van der Waals surface area contributed by atoms with Crippen LogP contribution in [-0.4, -0.2) is 75.0 Å². The lowest BCUT2D eigenvalue weighted by molar-refractivity contribution is -0.211. The quantitative estimate of drug-likeness (QED) is 0.388. The van der Waals surface area contributed by atoms with Gasteiger partial charge in [-0.2, -0.15) is 0 Å². The number of aryl methyl sites for hydroxylation is 1. The third kappa shape index (κ3) is 7.29. The Bertz CT molecular complexity index is 1150. The third-order valence-electron chi connectivity index (χ3n) is 5.44. The summed E-state index contributed by atoms with van der Waals surface area (Å²) >= 11 is 1.13. The molecule has 1 amide bonds. The number of benzene rings is 1. The van der Waals surface area contributed by atoms with Crippen molar-refractivity contribution >= 4 is 35.6 Å². The number of nitrogens with zero attached hydrogens (tertiary/aromatic N) is 3. The molecule has 2 aromatic rings. The molecule has 0 saturated carbocycles. The molecule has 12 nitrogen and oxygen atoms in total. The standard InChI is InChI=1S/C24H30N4O8S/c1-12-7-9-17(10-8-12)22-26-27-24(28(22)6)37-23-19(25-13(2)29)21(35-16(5)32)20(34-15(4)31)18(36-23)11-33-14(3)30/h7-10,18-21,23H,11H2,1-6H3,(H,25,29)/t18-,19-,20-,21-,23+/m1/s1. The molecule has 200 valence electrons. The lowest BCUT2D eigenvalue weighted by Gasteiger charge is -2.44. The van der Waals surface area contributed by atoms with Crippen LogP contribution in [0.2, 0.25) is 0 Å². The van der Waals surface area contributed by atoms with Gasteiger partial charge < -0.3 is 28.8 Å². The molecular formula is C24H30N4O8S. The molecule has 1 N–H and O–H groups in total. The van der Waals surface area contributed by atoms with Crippen molar-refractivity contribution in [2.45, 2.75) is 69.6 Å². The van der Waals surface area contributed by atoms with Gasteiger partial charge in [0.05, 0.1) is 0 Å². The second-order valence-corrected chi connectivity index (χ2v) is 9.63. The van der Waals surface area contributed by atoms with E-state index in [4.69, 9.17) is 18.9 Å². The van der Waals surface area contributed by atoms with E-state index >= 15 is 0 Å². The largest absolute Gasteiger partial charge is 0.463 e. The van der Waals surface area contributed by atoms with E-state index in [2.05, 4.69) is 15.5 Å². The van der Waals surface area contributed by atoms with Crippen LogP contribution in [-0.2, 0) is 45.2 Å². The number of thioether (sulfide) groups is 1. The van der Waals surface area contributed by atoms with Gasteiger partial charge in [0.2, 0.25) is 5.91 Å². The normalized spacial score (nSPS) is 23.1. The van der Waals surface area contributed by atoms with E-state index in [-0.39, 0.29) is 6.61 Å². The van der Waals surface area contributed by atoms with Gasteiger partial charge in [-0.15, -0.1) is 10.2 Å². The number of rotatable bonds is 8. The van der Waals surface area contributed by atoms with Crippen molar-refractivity contribution in [1.29, 1.82) is 0 Å². The molecule has 1 fully saturated rings. The molecule has 0 unspecified atom stereocenters. The first kappa shape index (κ1) is 28.1. The summed E-state index contributed by atoms with van der Waals surface area (Å²) < 4.78 is 24.0. The third-order valence-corrected chi connectivity index (χ3v) is 6.64. The van der Waals surface area contributed by atoms with Gasteiger partial charge in [-0.3, -0.25) is 19.2 Å². The Balaban J connectivity index is 1.98. The zero-order valence-corrected chi connectivity index (χ0v) is 22.2. The molecule has 37 heavy (non-hydrogen) atoms. The first-order valence-corrected chi connectivity index (χ1v) is 12.4. The van der Waals surface area contributed by atoms with Gasteiger partial charge in [-0.05, 0) is 6.92 Å². The van der Waals surface area contributed by atoms with E-state index in [1.54, 1.807) is 11.6 Å². The molecule has 1 aliphatic heterocycles. The highest BCUT2D eigenvalue weighted by molar-refractivity contribution is 7.99. The van der Waals surface area contributed by atoms with Crippen molar-refractivity contribution in [2.75, 3.05) is 6.61 Å². The van der Waals surface area contributed by atoms with Crippen LogP contribution in [0.1, 0.15) is 33.3 Å². The number of ether oxygens (including phenoxy) is 4. The molecule has 0 spiro atoms. The summed E-state index contributed by atoms with van der Waals surface area (Å²) in [5.74, 6) is -1.70. The Morgan fingerprint density at radius 1 is 0.973 bits per heavy atom. The van der Waals surface area contributed by atoms with E-state index < -0.39 is 53.6 Å². The predicted octanol–water partition coefficient (Wildman–Crippen LogP) is 1.54. The van der Waals surface area contributed by atoms with Gasteiger partial charge in [0.15, 0.2) is 23.2 Å². The van der Waals surface area contributed by atoms with Gasteiger partial charge in [0, 0.05) is 40.3 Å². The molecule has 0 radical (unpaired) electrons. The number of carbonyl (C=O) groups is 4. The minimum atomic E-state index is -1.16. The average molecular weight is 535 g/mol. The van der Waals surface area contributed by atoms with Crippen LogP contribution >= 0.6 is 11.8 Å². The maximum Gasteiger partial charge on any atom is 0.303 e. The molecule has 3 rings (SSSR count). The van der Waals surface area contributed by atoms with E-state index in [0.717, 1.165) is 22.9 Å². The average Bonchev–Trinajstić information content (AvgIpc) is 3.16. The van der Waals surface area contributed by atoms with Crippen LogP contribution in [0.5, 0.6) is 0 Å². The zero-order valence-electron chi connectivity index (χ0n) is 21.4. The van der Waals surface area contributed by atoms with Gasteiger partial charge in [0.25, 0.3) is 0 Å². The molecule has 0 aliphatic carbocycles. The van der Waals surface area contributed by atoms with E-state index in [1.807, 2.05) is 31.2 Å². The number of hydrogen-bond acceptors (Lipinski definition) is 11. The Hall–Kier alpha value is -3.45. The highest BCUT2D eigenvalue weighted by Gasteiger charge is 2.51. The molecule has 1 aliphatic rings. The SMILES string of the molecule is CC(=O)N[C@@H]1[C@@H](OC(C)=O)[C@H](OC(C)=O)[C@@H](COC(C)=O)O[C@H]1Sc1nnc(-c2ccc(C)cc2)n1C. The lowest BCUT2D eigenvalue weighted by Crippen LogP contribution is -2.65. The maximum absolute atomic E-state index is 12.1. The summed E-state index contributed by atoms with van der Waals surface area (Å²) in [5.41, 5.74) is 1.08. The van der Waals surface area contributed by atoms with Crippen LogP contribution in [0.3, 0.4) is 0 Å². The number of aromatic nitrogens is 3. The second-order valence-electron chi connectivity index (χ2n) is 8.57. The first-order valence-electron chi connectivity index (χ1n) is 11.5. The molecule has 1 aromatic heterocycles. The molecule has 5 atom stereocenters. The van der Waals surface area contributed by atoms with Crippen molar-refractivity contribution in [2.24, 2.45) is 7.05 Å². The number of carbonyl (C=O) groups excluding carboxylic acids is 4. The summed E-state index contributed by atoms with van der Waals surface area (Å²) in [6, 6.07) is 6.85. The van der Waals surface area contributed by atoms with Gasteiger partial charge in [0.1, 0.15) is 24.2 Å². The Kier molecular flexibility index (Phi) is 9.27. The van der Waals surface area contributed by atoms with Crippen molar-refractivity contribution in [1.82, 2.24) is 20.1 Å². The fourth-order valence-corrected chi connectivity index (χ4v) is 4.97. The summed E-state index contributed by atoms with van der Waals surface area (Å²) in [5, 5.41) is 11.8.